The molecular weight excluding hydrogens is 293 g/mol. The van der Waals surface area contributed by atoms with Crippen molar-refractivity contribution in [2.45, 2.75) is 0 Å². The minimum Gasteiger partial charge on any atom is -0.434 e. The molecule has 1 aliphatic carbocycles. The first-order chi connectivity index (χ1) is 9.27. The van der Waals surface area contributed by atoms with Crippen molar-refractivity contribution >= 4 is 12.6 Å². The maximum Gasteiger partial charge on any atom is 0.400 e. The molecule has 0 amide bonds. The molecule has 3 nitrogen and oxygen atoms in total. The van der Waals surface area contributed by atoms with E-state index in [1.54, 1.807) is 24.3 Å². The zero-order chi connectivity index (χ0) is 13.5. The summed E-state index contributed by atoms with van der Waals surface area (Å²) >= 11 is 0. The Morgan fingerprint density at radius 3 is 2.00 bits per heavy atom. The van der Waals surface area contributed by atoms with Crippen LogP contribution < -0.4 is 10.8 Å². The Hall–Kier alpha value is -1.65. The number of allylic oxidation sites excluding steroid dienone is 8. The van der Waals surface area contributed by atoms with Gasteiger partial charge in [0.05, 0.1) is 0 Å². The molecule has 0 saturated heterocycles. The summed E-state index contributed by atoms with van der Waals surface area (Å²) in [6.45, 7) is 0. The average molecular weight is 308 g/mol. The topological polar surface area (TPSA) is 52.5 Å². The van der Waals surface area contributed by atoms with E-state index in [0.717, 1.165) is 0 Å². The van der Waals surface area contributed by atoms with Crippen molar-refractivity contribution in [2.75, 3.05) is 0 Å². The van der Waals surface area contributed by atoms with Gasteiger partial charge in [-0.2, -0.15) is 23.7 Å². The van der Waals surface area contributed by atoms with Gasteiger partial charge in [-0.05, 0) is 23.3 Å². The zero-order valence-corrected chi connectivity index (χ0v) is 11.9. The van der Waals surface area contributed by atoms with Gasteiger partial charge in [-0.3, -0.25) is 0 Å². The first kappa shape index (κ1) is 16.4. The van der Waals surface area contributed by atoms with Crippen LogP contribution in [-0.2, 0) is 17.1 Å². The molecule has 2 aliphatic rings. The molecule has 1 aromatic rings. The van der Waals surface area contributed by atoms with Crippen LogP contribution in [0.3, 0.4) is 0 Å². The van der Waals surface area contributed by atoms with Gasteiger partial charge in [0, 0.05) is 29.5 Å². The van der Waals surface area contributed by atoms with E-state index in [9.17, 15) is 0 Å². The van der Waals surface area contributed by atoms with E-state index in [0.29, 0.717) is 5.46 Å². The van der Waals surface area contributed by atoms with Crippen molar-refractivity contribution in [3.8, 4) is 0 Å². The van der Waals surface area contributed by atoms with E-state index in [1.807, 2.05) is 24.6 Å². The fraction of sp³-hybridized carbons (Fsp3) is 0. The summed E-state index contributed by atoms with van der Waals surface area (Å²) in [6.07, 6.45) is 16.3. The van der Waals surface area contributed by atoms with Gasteiger partial charge in [0.25, 0.3) is 0 Å². The van der Waals surface area contributed by atoms with Crippen molar-refractivity contribution in [1.82, 2.24) is 5.32 Å². The third kappa shape index (κ3) is 4.80. The molecule has 0 unspecified atom stereocenters. The van der Waals surface area contributed by atoms with Gasteiger partial charge in [0.15, 0.2) is 0 Å². The van der Waals surface area contributed by atoms with Crippen LogP contribution in [0.25, 0.3) is 0 Å². The predicted molar refractivity (Wildman–Crippen MR) is 78.6 cm³/mol. The molecule has 20 heavy (non-hydrogen) atoms. The molecule has 1 heterocycles. The maximum absolute atomic E-state index is 8.47. The van der Waals surface area contributed by atoms with E-state index in [-0.39, 0.29) is 17.1 Å². The monoisotopic (exact) mass is 308 g/mol. The minimum atomic E-state index is -1.31. The van der Waals surface area contributed by atoms with E-state index >= 15 is 0 Å². The second-order valence-corrected chi connectivity index (χ2v) is 4.05. The molecule has 0 spiro atoms. The SMILES string of the molecule is C1=CC(=C2C=CNC=C2)C=C1.OB(O)c1cc[cH-]c1.[Fe]. The Kier molecular flexibility index (Phi) is 6.98. The van der Waals surface area contributed by atoms with Gasteiger partial charge in [-0.15, -0.1) is 0 Å². The van der Waals surface area contributed by atoms with Crippen LogP contribution in [0, 0.1) is 0 Å². The summed E-state index contributed by atoms with van der Waals surface area (Å²) in [6, 6.07) is 6.83. The van der Waals surface area contributed by atoms with Crippen LogP contribution in [0.5, 0.6) is 0 Å². The summed E-state index contributed by atoms with van der Waals surface area (Å²) in [4.78, 5) is 0. The van der Waals surface area contributed by atoms with Crippen LogP contribution in [0.15, 0.2) is 84.3 Å². The van der Waals surface area contributed by atoms with E-state index in [4.69, 9.17) is 10.0 Å². The zero-order valence-electron chi connectivity index (χ0n) is 10.8. The molecule has 0 radical (unpaired) electrons. The van der Waals surface area contributed by atoms with Crippen LogP contribution in [0.1, 0.15) is 0 Å². The normalized spacial score (nSPS) is 14.5. The number of hydrogen-bond donors (Lipinski definition) is 3. The second kappa shape index (κ2) is 8.51. The summed E-state index contributed by atoms with van der Waals surface area (Å²) in [5.41, 5.74) is 3.08. The quantitative estimate of drug-likeness (QED) is 0.538. The van der Waals surface area contributed by atoms with Crippen molar-refractivity contribution in [3.05, 3.63) is 84.3 Å². The first-order valence-electron chi connectivity index (χ1n) is 6.03. The number of hydrogen-bond acceptors (Lipinski definition) is 3. The van der Waals surface area contributed by atoms with E-state index in [1.165, 1.54) is 11.1 Å². The van der Waals surface area contributed by atoms with Crippen LogP contribution in [-0.4, -0.2) is 17.2 Å². The van der Waals surface area contributed by atoms with Gasteiger partial charge in [0.2, 0.25) is 0 Å². The molecule has 3 rings (SSSR count). The Labute approximate surface area is 129 Å². The predicted octanol–water partition coefficient (Wildman–Crippen LogP) is 1.12. The number of rotatable bonds is 1. The molecule has 1 aromatic carbocycles. The molecule has 0 fully saturated rings. The van der Waals surface area contributed by atoms with E-state index in [2.05, 4.69) is 29.6 Å². The Balaban J connectivity index is 0.000000200. The fourth-order valence-corrected chi connectivity index (χ4v) is 1.71. The standard InChI is InChI=1S/C10H9N.C5H6BO2.Fe/c1-2-4-9(3-1)10-5-7-11-8-6-10;7-6(8)5-3-1-2-4-5;/h1-8,11H;1-4,7-8H;/q;-1;. The molecule has 0 bridgehead atoms. The number of dihydropyridines is 1. The second-order valence-electron chi connectivity index (χ2n) is 4.05. The third-order valence-electron chi connectivity index (χ3n) is 2.70. The van der Waals surface area contributed by atoms with Gasteiger partial charge in [-0.25, -0.2) is 6.07 Å². The van der Waals surface area contributed by atoms with Gasteiger partial charge in [0.1, 0.15) is 0 Å². The molecule has 0 aromatic heterocycles. The summed E-state index contributed by atoms with van der Waals surface area (Å²) < 4.78 is 0. The van der Waals surface area contributed by atoms with Crippen molar-refractivity contribution < 1.29 is 27.1 Å². The Morgan fingerprint density at radius 2 is 1.55 bits per heavy atom. The molecular formula is C15H15BFeNO2-. The molecule has 3 N–H and O–H groups in total. The number of nitrogens with one attached hydrogen (secondary N) is 1. The Bertz CT molecular complexity index is 526. The van der Waals surface area contributed by atoms with E-state index < -0.39 is 7.12 Å². The van der Waals surface area contributed by atoms with Crippen LogP contribution in [0.4, 0.5) is 0 Å². The van der Waals surface area contributed by atoms with Gasteiger partial charge in [-0.1, -0.05) is 24.3 Å². The molecule has 0 atom stereocenters. The molecule has 5 heteroatoms. The summed E-state index contributed by atoms with van der Waals surface area (Å²) in [5.74, 6) is 0. The summed E-state index contributed by atoms with van der Waals surface area (Å²) in [7, 11) is -1.31. The van der Waals surface area contributed by atoms with Crippen LogP contribution >= 0.6 is 0 Å². The van der Waals surface area contributed by atoms with Crippen molar-refractivity contribution in [2.24, 2.45) is 0 Å². The molecule has 1 aliphatic heterocycles. The average Bonchev–Trinajstić information content (AvgIpc) is 3.14. The minimum absolute atomic E-state index is 0. The summed E-state index contributed by atoms with van der Waals surface area (Å²) in [5, 5.41) is 19.9. The Morgan fingerprint density at radius 1 is 0.950 bits per heavy atom. The molecule has 104 valence electrons. The van der Waals surface area contributed by atoms with Gasteiger partial charge >= 0.3 is 7.12 Å². The van der Waals surface area contributed by atoms with Crippen molar-refractivity contribution in [3.63, 3.8) is 0 Å². The first-order valence-corrected chi connectivity index (χ1v) is 6.03. The largest absolute Gasteiger partial charge is 0.434 e. The third-order valence-corrected chi connectivity index (χ3v) is 2.70. The molecule has 0 saturated carbocycles. The smallest absolute Gasteiger partial charge is 0.400 e. The van der Waals surface area contributed by atoms with Crippen molar-refractivity contribution in [1.29, 1.82) is 0 Å². The van der Waals surface area contributed by atoms with Gasteiger partial charge < -0.3 is 15.4 Å². The van der Waals surface area contributed by atoms with Crippen LogP contribution in [0.2, 0.25) is 0 Å². The maximum atomic E-state index is 8.47. The fourth-order valence-electron chi connectivity index (χ4n) is 1.71.